The zero-order chi connectivity index (χ0) is 14.7. The maximum absolute atomic E-state index is 13.6. The highest BCUT2D eigenvalue weighted by Crippen LogP contribution is 2.28. The Morgan fingerprint density at radius 3 is 2.65 bits per heavy atom. The zero-order valence-corrected chi connectivity index (χ0v) is 11.6. The molecule has 2 aromatic carbocycles. The lowest BCUT2D eigenvalue weighted by Crippen LogP contribution is -2.14. The molecule has 2 N–H and O–H groups in total. The van der Waals surface area contributed by atoms with Crippen molar-refractivity contribution in [2.45, 2.75) is 12.5 Å². The molecule has 106 valence electrons. The van der Waals surface area contributed by atoms with Crippen LogP contribution in [0.15, 0.2) is 36.4 Å². The van der Waals surface area contributed by atoms with Gasteiger partial charge in [-0.2, -0.15) is 0 Å². The van der Waals surface area contributed by atoms with E-state index < -0.39 is 17.7 Å². The van der Waals surface area contributed by atoms with Gasteiger partial charge in [0.25, 0.3) is 0 Å². The molecule has 0 spiro atoms. The number of rotatable bonds is 4. The van der Waals surface area contributed by atoms with Crippen molar-refractivity contribution < 1.29 is 13.5 Å². The van der Waals surface area contributed by atoms with Gasteiger partial charge in [0.15, 0.2) is 11.6 Å². The van der Waals surface area contributed by atoms with Crippen molar-refractivity contribution in [3.05, 3.63) is 64.2 Å². The summed E-state index contributed by atoms with van der Waals surface area (Å²) < 4.78 is 31.8. The van der Waals surface area contributed by atoms with Crippen molar-refractivity contribution in [3.8, 4) is 5.75 Å². The Kier molecular flexibility index (Phi) is 4.57. The Hall–Kier alpha value is -1.65. The summed E-state index contributed by atoms with van der Waals surface area (Å²) in [5.41, 5.74) is 6.99. The second kappa shape index (κ2) is 6.20. The molecule has 0 aliphatic carbocycles. The normalized spacial score (nSPS) is 12.2. The van der Waals surface area contributed by atoms with Crippen LogP contribution in [0, 0.1) is 11.6 Å². The Morgan fingerprint density at radius 1 is 1.25 bits per heavy atom. The fourth-order valence-electron chi connectivity index (χ4n) is 1.97. The first-order valence-corrected chi connectivity index (χ1v) is 6.42. The topological polar surface area (TPSA) is 35.2 Å². The number of ether oxygens (including phenoxy) is 1. The molecule has 0 amide bonds. The number of hydrogen-bond donors (Lipinski definition) is 1. The summed E-state index contributed by atoms with van der Waals surface area (Å²) in [6.45, 7) is 0. The molecule has 0 aromatic heterocycles. The zero-order valence-electron chi connectivity index (χ0n) is 10.9. The fraction of sp³-hybridized carbons (Fsp3) is 0.200. The molecule has 0 bridgehead atoms. The van der Waals surface area contributed by atoms with Crippen molar-refractivity contribution >= 4 is 11.6 Å². The molecule has 20 heavy (non-hydrogen) atoms. The Morgan fingerprint density at radius 2 is 2.00 bits per heavy atom. The average molecular weight is 298 g/mol. The molecule has 0 aliphatic heterocycles. The maximum Gasteiger partial charge on any atom is 0.162 e. The molecule has 2 rings (SSSR count). The minimum absolute atomic E-state index is 0.187. The van der Waals surface area contributed by atoms with Gasteiger partial charge in [-0.15, -0.1) is 0 Å². The van der Waals surface area contributed by atoms with Crippen LogP contribution in [0.4, 0.5) is 8.78 Å². The minimum Gasteiger partial charge on any atom is -0.495 e. The second-order valence-corrected chi connectivity index (χ2v) is 4.82. The first-order chi connectivity index (χ1) is 9.52. The predicted molar refractivity (Wildman–Crippen MR) is 75.0 cm³/mol. The first-order valence-electron chi connectivity index (χ1n) is 6.05. The maximum atomic E-state index is 13.6. The van der Waals surface area contributed by atoms with Gasteiger partial charge in [0.05, 0.1) is 12.1 Å². The fourth-order valence-corrected chi connectivity index (χ4v) is 2.24. The molecule has 0 aliphatic rings. The van der Waals surface area contributed by atoms with Gasteiger partial charge in [0.2, 0.25) is 0 Å². The largest absolute Gasteiger partial charge is 0.495 e. The molecule has 0 heterocycles. The molecule has 0 fully saturated rings. The molecule has 2 aromatic rings. The van der Waals surface area contributed by atoms with Gasteiger partial charge >= 0.3 is 0 Å². The number of halogens is 3. The van der Waals surface area contributed by atoms with Crippen LogP contribution in [0.2, 0.25) is 5.02 Å². The van der Waals surface area contributed by atoms with E-state index in [-0.39, 0.29) is 12.0 Å². The van der Waals surface area contributed by atoms with Crippen LogP contribution < -0.4 is 10.5 Å². The van der Waals surface area contributed by atoms with Crippen LogP contribution >= 0.6 is 11.6 Å². The van der Waals surface area contributed by atoms with Crippen LogP contribution in [0.25, 0.3) is 0 Å². The van der Waals surface area contributed by atoms with Crippen LogP contribution in [-0.2, 0) is 6.42 Å². The summed E-state index contributed by atoms with van der Waals surface area (Å²) >= 11 is 6.02. The SMILES string of the molecule is COc1ccc(C(N)Cc2cccc(F)c2F)cc1Cl. The van der Waals surface area contributed by atoms with Crippen molar-refractivity contribution in [2.24, 2.45) is 5.73 Å². The van der Waals surface area contributed by atoms with E-state index >= 15 is 0 Å². The van der Waals surface area contributed by atoms with Crippen molar-refractivity contribution in [1.29, 1.82) is 0 Å². The van der Waals surface area contributed by atoms with E-state index in [0.717, 1.165) is 11.6 Å². The summed E-state index contributed by atoms with van der Waals surface area (Å²) in [4.78, 5) is 0. The molecule has 0 radical (unpaired) electrons. The van der Waals surface area contributed by atoms with Gasteiger partial charge in [-0.3, -0.25) is 0 Å². The third-order valence-corrected chi connectivity index (χ3v) is 3.37. The second-order valence-electron chi connectivity index (χ2n) is 4.42. The van der Waals surface area contributed by atoms with E-state index in [0.29, 0.717) is 10.8 Å². The molecular weight excluding hydrogens is 284 g/mol. The average Bonchev–Trinajstić information content (AvgIpc) is 2.43. The molecule has 0 saturated carbocycles. The predicted octanol–water partition coefficient (Wildman–Crippen LogP) is 3.87. The van der Waals surface area contributed by atoms with Gasteiger partial charge in [0, 0.05) is 6.04 Å². The van der Waals surface area contributed by atoms with E-state index in [1.54, 1.807) is 18.2 Å². The lowest BCUT2D eigenvalue weighted by molar-refractivity contribution is 0.414. The number of nitrogens with two attached hydrogens (primary N) is 1. The minimum atomic E-state index is -0.873. The highest BCUT2D eigenvalue weighted by molar-refractivity contribution is 6.32. The Labute approximate surface area is 121 Å². The van der Waals surface area contributed by atoms with Gasteiger partial charge < -0.3 is 10.5 Å². The van der Waals surface area contributed by atoms with E-state index in [1.807, 2.05) is 0 Å². The van der Waals surface area contributed by atoms with Gasteiger partial charge in [-0.25, -0.2) is 8.78 Å². The standard InChI is InChI=1S/C15H14ClF2NO/c1-20-14-6-5-9(7-11(14)16)13(19)8-10-3-2-4-12(17)15(10)18/h2-7,13H,8,19H2,1H3. The van der Waals surface area contributed by atoms with Crippen molar-refractivity contribution in [2.75, 3.05) is 7.11 Å². The summed E-state index contributed by atoms with van der Waals surface area (Å²) in [5, 5.41) is 0.431. The molecule has 2 nitrogen and oxygen atoms in total. The van der Waals surface area contributed by atoms with E-state index in [2.05, 4.69) is 0 Å². The third-order valence-electron chi connectivity index (χ3n) is 3.08. The summed E-state index contributed by atoms with van der Waals surface area (Å²) in [7, 11) is 1.52. The van der Waals surface area contributed by atoms with Crippen molar-refractivity contribution in [1.82, 2.24) is 0 Å². The summed E-state index contributed by atoms with van der Waals surface area (Å²) in [6.07, 6.45) is 0.187. The smallest absolute Gasteiger partial charge is 0.162 e. The van der Waals surface area contributed by atoms with Crippen LogP contribution in [0.3, 0.4) is 0 Å². The number of benzene rings is 2. The summed E-state index contributed by atoms with van der Waals surface area (Å²) in [6, 6.07) is 8.70. The molecule has 0 saturated heterocycles. The lowest BCUT2D eigenvalue weighted by atomic mass is 9.99. The lowest BCUT2D eigenvalue weighted by Gasteiger charge is -2.14. The highest BCUT2D eigenvalue weighted by Gasteiger charge is 2.14. The Balaban J connectivity index is 2.21. The van der Waals surface area contributed by atoms with Crippen LogP contribution in [-0.4, -0.2) is 7.11 Å². The van der Waals surface area contributed by atoms with Crippen LogP contribution in [0.5, 0.6) is 5.75 Å². The van der Waals surface area contributed by atoms with Crippen LogP contribution in [0.1, 0.15) is 17.2 Å². The molecular formula is C15H14ClF2NO. The van der Waals surface area contributed by atoms with E-state index in [4.69, 9.17) is 22.1 Å². The highest BCUT2D eigenvalue weighted by atomic mass is 35.5. The molecule has 1 atom stereocenters. The van der Waals surface area contributed by atoms with E-state index in [1.165, 1.54) is 19.2 Å². The van der Waals surface area contributed by atoms with E-state index in [9.17, 15) is 8.78 Å². The van der Waals surface area contributed by atoms with Gasteiger partial charge in [-0.05, 0) is 35.7 Å². The number of methoxy groups -OCH3 is 1. The summed E-state index contributed by atoms with van der Waals surface area (Å²) in [5.74, 6) is -1.19. The van der Waals surface area contributed by atoms with Gasteiger partial charge in [0.1, 0.15) is 5.75 Å². The van der Waals surface area contributed by atoms with Crippen molar-refractivity contribution in [3.63, 3.8) is 0 Å². The number of hydrogen-bond acceptors (Lipinski definition) is 2. The third kappa shape index (κ3) is 3.08. The first kappa shape index (κ1) is 14.8. The molecule has 1 unspecified atom stereocenters. The Bertz CT molecular complexity index is 619. The quantitative estimate of drug-likeness (QED) is 0.930. The molecule has 5 heteroatoms. The monoisotopic (exact) mass is 297 g/mol. The van der Waals surface area contributed by atoms with Gasteiger partial charge in [-0.1, -0.05) is 29.8 Å².